The molecule has 0 spiro atoms. The van der Waals surface area contributed by atoms with Crippen molar-refractivity contribution in [1.82, 2.24) is 0 Å². The maximum Gasteiger partial charge on any atom is 0.138 e. The van der Waals surface area contributed by atoms with E-state index < -0.39 is 0 Å². The van der Waals surface area contributed by atoms with Crippen molar-refractivity contribution < 1.29 is 4.79 Å². The lowest BCUT2D eigenvalue weighted by Crippen LogP contribution is -2.20. The van der Waals surface area contributed by atoms with Crippen molar-refractivity contribution in [2.75, 3.05) is 0 Å². The normalized spacial score (nSPS) is 13.1. The summed E-state index contributed by atoms with van der Waals surface area (Å²) < 4.78 is 0. The van der Waals surface area contributed by atoms with E-state index in [1.165, 1.54) is 16.3 Å². The monoisotopic (exact) mass is 280 g/mol. The van der Waals surface area contributed by atoms with Crippen LogP contribution in [0.2, 0.25) is 0 Å². The van der Waals surface area contributed by atoms with Crippen molar-refractivity contribution in [3.63, 3.8) is 0 Å². The number of benzene rings is 2. The molecule has 0 amide bonds. The molecule has 0 saturated heterocycles. The topological polar surface area (TPSA) is 17.1 Å². The molecule has 0 aromatic heterocycles. The van der Waals surface area contributed by atoms with Crippen molar-refractivity contribution in [1.29, 1.82) is 0 Å². The summed E-state index contributed by atoms with van der Waals surface area (Å²) >= 11 is 0. The standard InChI is InChI=1S/C20H24O/c1-5-15(13-14-19(21)20(2,3)4)17-12-8-10-16-9-6-7-11-18(16)17/h5-12,15H,1,13-14H2,2-4H3. The minimum Gasteiger partial charge on any atom is -0.299 e. The highest BCUT2D eigenvalue weighted by Gasteiger charge is 2.22. The predicted octanol–water partition coefficient (Wildman–Crippen LogP) is 5.50. The summed E-state index contributed by atoms with van der Waals surface area (Å²) in [5.41, 5.74) is 1.01. The van der Waals surface area contributed by atoms with Gasteiger partial charge >= 0.3 is 0 Å². The van der Waals surface area contributed by atoms with Crippen molar-refractivity contribution >= 4 is 16.6 Å². The largest absolute Gasteiger partial charge is 0.299 e. The van der Waals surface area contributed by atoms with Crippen LogP contribution in [0.3, 0.4) is 0 Å². The molecule has 1 nitrogen and oxygen atoms in total. The molecule has 1 atom stereocenters. The number of rotatable bonds is 5. The molecule has 0 radical (unpaired) electrons. The molecule has 2 rings (SSSR count). The summed E-state index contributed by atoms with van der Waals surface area (Å²) in [4.78, 5) is 12.1. The van der Waals surface area contributed by atoms with Gasteiger partial charge in [-0.25, -0.2) is 0 Å². The highest BCUT2D eigenvalue weighted by Crippen LogP contribution is 2.31. The van der Waals surface area contributed by atoms with Gasteiger partial charge in [-0.15, -0.1) is 6.58 Å². The van der Waals surface area contributed by atoms with Crippen LogP contribution < -0.4 is 0 Å². The smallest absolute Gasteiger partial charge is 0.138 e. The minimum absolute atomic E-state index is 0.224. The molecule has 1 heteroatoms. The molecule has 2 aromatic rings. The SMILES string of the molecule is C=CC(CCC(=O)C(C)(C)C)c1cccc2ccccc12. The molecule has 110 valence electrons. The molecule has 0 aliphatic carbocycles. The fourth-order valence-corrected chi connectivity index (χ4v) is 2.64. The Bertz CT molecular complexity index is 641. The van der Waals surface area contributed by atoms with E-state index >= 15 is 0 Å². The summed E-state index contributed by atoms with van der Waals surface area (Å²) in [7, 11) is 0. The van der Waals surface area contributed by atoms with Crippen LogP contribution in [0.15, 0.2) is 55.1 Å². The van der Waals surface area contributed by atoms with Gasteiger partial charge < -0.3 is 0 Å². The first-order valence-corrected chi connectivity index (χ1v) is 7.57. The molecule has 1 unspecified atom stereocenters. The van der Waals surface area contributed by atoms with E-state index in [4.69, 9.17) is 0 Å². The maximum atomic E-state index is 12.1. The van der Waals surface area contributed by atoms with Gasteiger partial charge in [0.25, 0.3) is 0 Å². The van der Waals surface area contributed by atoms with Crippen LogP contribution in [0.4, 0.5) is 0 Å². The third kappa shape index (κ3) is 3.60. The zero-order chi connectivity index (χ0) is 15.5. The number of hydrogen-bond donors (Lipinski definition) is 0. The Hall–Kier alpha value is -1.89. The first-order valence-electron chi connectivity index (χ1n) is 7.57. The second-order valence-electron chi connectivity index (χ2n) is 6.62. The maximum absolute atomic E-state index is 12.1. The van der Waals surface area contributed by atoms with Gasteiger partial charge in [-0.2, -0.15) is 0 Å². The van der Waals surface area contributed by atoms with Gasteiger partial charge in [0.15, 0.2) is 0 Å². The number of carbonyl (C=O) groups excluding carboxylic acids is 1. The van der Waals surface area contributed by atoms with Crippen LogP contribution in [0.5, 0.6) is 0 Å². The first kappa shape index (κ1) is 15.5. The molecule has 0 aliphatic heterocycles. The van der Waals surface area contributed by atoms with Gasteiger partial charge in [-0.05, 0) is 22.8 Å². The molecule has 0 heterocycles. The van der Waals surface area contributed by atoms with E-state index in [1.807, 2.05) is 26.8 Å². The van der Waals surface area contributed by atoms with E-state index in [0.29, 0.717) is 12.2 Å². The molecular weight excluding hydrogens is 256 g/mol. The quantitative estimate of drug-likeness (QED) is 0.660. The highest BCUT2D eigenvalue weighted by atomic mass is 16.1. The average Bonchev–Trinajstić information content (AvgIpc) is 2.46. The second kappa shape index (κ2) is 6.26. The molecule has 2 aromatic carbocycles. The Balaban J connectivity index is 2.24. The van der Waals surface area contributed by atoms with Crippen LogP contribution in [-0.2, 0) is 4.79 Å². The van der Waals surface area contributed by atoms with Crippen LogP contribution in [0.25, 0.3) is 10.8 Å². The number of Topliss-reactive ketones (excluding diaryl/α,β-unsaturated/α-hetero) is 1. The number of ketones is 1. The zero-order valence-electron chi connectivity index (χ0n) is 13.2. The predicted molar refractivity (Wildman–Crippen MR) is 90.6 cm³/mol. The Kier molecular flexibility index (Phi) is 4.62. The number of allylic oxidation sites excluding steroid dienone is 1. The molecular formula is C20H24O. The summed E-state index contributed by atoms with van der Waals surface area (Å²) in [6, 6.07) is 14.7. The number of fused-ring (bicyclic) bond motifs is 1. The lowest BCUT2D eigenvalue weighted by atomic mass is 9.84. The fraction of sp³-hybridized carbons (Fsp3) is 0.350. The highest BCUT2D eigenvalue weighted by molar-refractivity contribution is 5.87. The summed E-state index contributed by atoms with van der Waals surface area (Å²) in [6.45, 7) is 9.92. The van der Waals surface area contributed by atoms with E-state index in [9.17, 15) is 4.79 Å². The van der Waals surface area contributed by atoms with E-state index in [0.717, 1.165) is 6.42 Å². The van der Waals surface area contributed by atoms with Crippen LogP contribution in [0.1, 0.15) is 45.1 Å². The molecule has 0 saturated carbocycles. The minimum atomic E-state index is -0.259. The van der Waals surface area contributed by atoms with Crippen molar-refractivity contribution in [2.24, 2.45) is 5.41 Å². The summed E-state index contributed by atoms with van der Waals surface area (Å²) in [5, 5.41) is 2.50. The summed E-state index contributed by atoms with van der Waals surface area (Å²) in [6.07, 6.45) is 3.40. The average molecular weight is 280 g/mol. The molecule has 0 bridgehead atoms. The molecule has 0 N–H and O–H groups in total. The van der Waals surface area contributed by atoms with Gasteiger partial charge in [-0.1, -0.05) is 69.3 Å². The van der Waals surface area contributed by atoms with E-state index in [2.05, 4.69) is 49.0 Å². The van der Waals surface area contributed by atoms with Gasteiger partial charge in [0, 0.05) is 17.8 Å². The lowest BCUT2D eigenvalue weighted by molar-refractivity contribution is -0.126. The van der Waals surface area contributed by atoms with Crippen LogP contribution in [-0.4, -0.2) is 5.78 Å². The fourth-order valence-electron chi connectivity index (χ4n) is 2.64. The molecule has 0 fully saturated rings. The first-order chi connectivity index (χ1) is 9.93. The number of hydrogen-bond acceptors (Lipinski definition) is 1. The molecule has 21 heavy (non-hydrogen) atoms. The Morgan fingerprint density at radius 3 is 2.48 bits per heavy atom. The second-order valence-corrected chi connectivity index (χ2v) is 6.62. The zero-order valence-corrected chi connectivity index (χ0v) is 13.2. The third-order valence-corrected chi connectivity index (χ3v) is 4.03. The van der Waals surface area contributed by atoms with Gasteiger partial charge in [0.05, 0.1) is 0 Å². The van der Waals surface area contributed by atoms with Gasteiger partial charge in [0.2, 0.25) is 0 Å². The van der Waals surface area contributed by atoms with Gasteiger partial charge in [-0.3, -0.25) is 4.79 Å². The van der Waals surface area contributed by atoms with Crippen LogP contribution in [0, 0.1) is 5.41 Å². The van der Waals surface area contributed by atoms with Gasteiger partial charge in [0.1, 0.15) is 5.78 Å². The summed E-state index contributed by atoms with van der Waals surface area (Å²) in [5.74, 6) is 0.539. The number of carbonyl (C=O) groups is 1. The van der Waals surface area contributed by atoms with Crippen molar-refractivity contribution in [3.8, 4) is 0 Å². The lowest BCUT2D eigenvalue weighted by Gasteiger charge is -2.19. The van der Waals surface area contributed by atoms with Crippen LogP contribution >= 0.6 is 0 Å². The Morgan fingerprint density at radius 2 is 1.81 bits per heavy atom. The Morgan fingerprint density at radius 1 is 1.14 bits per heavy atom. The molecule has 0 aliphatic rings. The van der Waals surface area contributed by atoms with E-state index in [-0.39, 0.29) is 11.3 Å². The van der Waals surface area contributed by atoms with Crippen molar-refractivity contribution in [2.45, 2.75) is 39.5 Å². The third-order valence-electron chi connectivity index (χ3n) is 4.03. The van der Waals surface area contributed by atoms with Crippen molar-refractivity contribution in [3.05, 3.63) is 60.7 Å². The Labute approximate surface area is 127 Å². The van der Waals surface area contributed by atoms with E-state index in [1.54, 1.807) is 0 Å².